The molecule has 0 aliphatic carbocycles. The summed E-state index contributed by atoms with van der Waals surface area (Å²) in [4.78, 5) is 37.8. The minimum Gasteiger partial charge on any atom is -0.422 e. The van der Waals surface area contributed by atoms with Gasteiger partial charge in [0.05, 0.1) is 19.8 Å². The Kier molecular flexibility index (Phi) is 2.60. The Hall–Kier alpha value is -2.67. The third kappa shape index (κ3) is 1.38. The van der Waals surface area contributed by atoms with E-state index in [4.69, 9.17) is 10.3 Å². The normalized spacial score (nSPS) is 22.8. The average molecular weight is 250 g/mol. The van der Waals surface area contributed by atoms with Gasteiger partial charge in [-0.05, 0) is 5.53 Å². The van der Waals surface area contributed by atoms with Gasteiger partial charge in [0.15, 0.2) is 18.0 Å². The highest BCUT2D eigenvalue weighted by Crippen LogP contribution is 2.31. The number of carbonyl (C=O) groups is 3. The first-order valence-corrected chi connectivity index (χ1v) is 4.87. The van der Waals surface area contributed by atoms with Crippen LogP contribution in [0, 0.1) is 5.92 Å². The second-order valence-corrected chi connectivity index (χ2v) is 3.67. The number of allylic oxidation sites excluding steroid dienone is 1. The second kappa shape index (κ2) is 3.97. The fraction of sp³-hybridized carbons (Fsp3) is 0.333. The van der Waals surface area contributed by atoms with E-state index < -0.39 is 17.9 Å². The molecule has 0 N–H and O–H groups in total. The van der Waals surface area contributed by atoms with Gasteiger partial charge in [-0.25, -0.2) is 4.79 Å². The lowest BCUT2D eigenvalue weighted by molar-refractivity contribution is -0.416. The summed E-state index contributed by atoms with van der Waals surface area (Å²) in [7, 11) is 2.69. The Balaban J connectivity index is 2.65. The lowest BCUT2D eigenvalue weighted by Gasteiger charge is -2.19. The van der Waals surface area contributed by atoms with E-state index in [0.29, 0.717) is 6.29 Å². The topological polar surface area (TPSA) is 115 Å². The summed E-state index contributed by atoms with van der Waals surface area (Å²) < 4.78 is 6.19. The summed E-state index contributed by atoms with van der Waals surface area (Å²) >= 11 is 0. The molecule has 0 spiro atoms. The van der Waals surface area contributed by atoms with Gasteiger partial charge in [-0.3, -0.25) is 4.79 Å². The molecule has 3 amide bonds. The van der Waals surface area contributed by atoms with Gasteiger partial charge in [0, 0.05) is 4.91 Å². The molecule has 0 radical (unpaired) electrons. The Labute approximate surface area is 101 Å². The van der Waals surface area contributed by atoms with Crippen molar-refractivity contribution in [3.05, 3.63) is 21.9 Å². The number of imide groups is 1. The van der Waals surface area contributed by atoms with E-state index >= 15 is 0 Å². The highest BCUT2D eigenvalue weighted by Gasteiger charge is 2.52. The molecule has 0 bridgehead atoms. The number of hydrogen-bond acceptors (Lipinski definition) is 5. The van der Waals surface area contributed by atoms with Crippen LogP contribution in [0.3, 0.4) is 0 Å². The molecule has 0 saturated heterocycles. The van der Waals surface area contributed by atoms with E-state index in [1.54, 1.807) is 0 Å². The molecule has 1 atom stereocenters. The largest absolute Gasteiger partial charge is 0.502 e. The number of carbonyl (C=O) groups excluding carboxylic acids is 3. The van der Waals surface area contributed by atoms with Crippen LogP contribution >= 0.6 is 0 Å². The van der Waals surface area contributed by atoms with E-state index in [1.807, 2.05) is 0 Å². The molecule has 2 rings (SSSR count). The summed E-state index contributed by atoms with van der Waals surface area (Å²) in [6.07, 6.45) is 0.334. The first kappa shape index (κ1) is 11.8. The van der Waals surface area contributed by atoms with Crippen LogP contribution < -0.4 is 0 Å². The van der Waals surface area contributed by atoms with Gasteiger partial charge in [-0.2, -0.15) is 14.3 Å². The molecule has 92 valence electrons. The SMILES string of the molecule is CN1C(=O)C2C(N=[N+]=[N-])=C(C=O)OC2=[N+](C)C1=O. The molecule has 2 heterocycles. The van der Waals surface area contributed by atoms with Gasteiger partial charge >= 0.3 is 11.9 Å². The van der Waals surface area contributed by atoms with Crippen molar-refractivity contribution in [2.45, 2.75) is 0 Å². The molecule has 18 heavy (non-hydrogen) atoms. The van der Waals surface area contributed by atoms with Crippen LogP contribution in [0.5, 0.6) is 0 Å². The summed E-state index contributed by atoms with van der Waals surface area (Å²) in [6, 6.07) is -0.585. The maximum Gasteiger partial charge on any atom is 0.502 e. The van der Waals surface area contributed by atoms with Crippen LogP contribution in [0.4, 0.5) is 4.79 Å². The predicted octanol–water partition coefficient (Wildman–Crippen LogP) is -0.0136. The Morgan fingerprint density at radius 2 is 2.22 bits per heavy atom. The van der Waals surface area contributed by atoms with Crippen molar-refractivity contribution in [1.29, 1.82) is 0 Å². The predicted molar refractivity (Wildman–Crippen MR) is 56.2 cm³/mol. The van der Waals surface area contributed by atoms with Crippen molar-refractivity contribution in [2.24, 2.45) is 11.0 Å². The van der Waals surface area contributed by atoms with E-state index in [1.165, 1.54) is 14.1 Å². The van der Waals surface area contributed by atoms with Gasteiger partial charge in [0.2, 0.25) is 0 Å². The zero-order valence-electron chi connectivity index (χ0n) is 9.52. The van der Waals surface area contributed by atoms with Crippen molar-refractivity contribution < 1.29 is 23.7 Å². The summed E-state index contributed by atoms with van der Waals surface area (Å²) in [6.45, 7) is 0. The first-order chi connectivity index (χ1) is 8.52. The van der Waals surface area contributed by atoms with E-state index in [0.717, 1.165) is 9.48 Å². The van der Waals surface area contributed by atoms with E-state index in [-0.39, 0.29) is 17.4 Å². The lowest BCUT2D eigenvalue weighted by Crippen LogP contribution is -2.51. The molecule has 0 aromatic heterocycles. The summed E-state index contributed by atoms with van der Waals surface area (Å²) in [5, 5.41) is 3.30. The number of azide groups is 1. The fourth-order valence-corrected chi connectivity index (χ4v) is 1.81. The van der Waals surface area contributed by atoms with Gasteiger partial charge in [0.25, 0.3) is 5.90 Å². The van der Waals surface area contributed by atoms with Crippen molar-refractivity contribution in [3.8, 4) is 0 Å². The Bertz CT molecular complexity index is 584. The molecule has 0 aromatic carbocycles. The standard InChI is InChI=1S/C9H8N5O4/c1-13-7(16)5-6(11-12-10)4(3-15)18-8(5)14(2)9(13)17/h3,5H,1-2H3/q+1. The fourth-order valence-electron chi connectivity index (χ4n) is 1.81. The van der Waals surface area contributed by atoms with Crippen LogP contribution in [0.1, 0.15) is 0 Å². The molecular formula is C9H8N5O4+. The van der Waals surface area contributed by atoms with Crippen LogP contribution in [0.2, 0.25) is 0 Å². The maximum absolute atomic E-state index is 12.0. The van der Waals surface area contributed by atoms with Gasteiger partial charge < -0.3 is 4.74 Å². The van der Waals surface area contributed by atoms with E-state index in [2.05, 4.69) is 10.0 Å². The van der Waals surface area contributed by atoms with Crippen LogP contribution in [-0.2, 0) is 14.3 Å². The smallest absolute Gasteiger partial charge is 0.422 e. The number of nitrogens with zero attached hydrogens (tertiary/aromatic N) is 5. The highest BCUT2D eigenvalue weighted by molar-refractivity contribution is 6.12. The first-order valence-electron chi connectivity index (χ1n) is 4.87. The van der Waals surface area contributed by atoms with Crippen molar-refractivity contribution in [1.82, 2.24) is 4.90 Å². The monoisotopic (exact) mass is 250 g/mol. The minimum atomic E-state index is -1.05. The van der Waals surface area contributed by atoms with Gasteiger partial charge in [0.1, 0.15) is 0 Å². The third-order valence-corrected chi connectivity index (χ3v) is 2.73. The van der Waals surface area contributed by atoms with Crippen LogP contribution in [0.25, 0.3) is 10.4 Å². The lowest BCUT2D eigenvalue weighted by atomic mass is 10.0. The zero-order valence-corrected chi connectivity index (χ0v) is 9.52. The molecule has 2 aliphatic rings. The molecule has 9 heteroatoms. The molecule has 1 unspecified atom stereocenters. The number of ether oxygens (including phenoxy) is 1. The zero-order chi connectivity index (χ0) is 13.4. The number of aldehydes is 1. The average Bonchev–Trinajstić information content (AvgIpc) is 2.73. The molecule has 2 aliphatic heterocycles. The highest BCUT2D eigenvalue weighted by atomic mass is 16.5. The number of fused-ring (bicyclic) bond motifs is 1. The van der Waals surface area contributed by atoms with Crippen molar-refractivity contribution in [2.75, 3.05) is 14.1 Å². The number of hydrogen-bond donors (Lipinski definition) is 0. The van der Waals surface area contributed by atoms with Crippen LogP contribution in [0.15, 0.2) is 16.6 Å². The number of urea groups is 1. The number of amides is 3. The van der Waals surface area contributed by atoms with Gasteiger partial charge in [-0.15, -0.1) is 0 Å². The molecule has 0 fully saturated rings. The Morgan fingerprint density at radius 1 is 1.56 bits per heavy atom. The number of rotatable bonds is 2. The van der Waals surface area contributed by atoms with Crippen molar-refractivity contribution >= 4 is 24.1 Å². The van der Waals surface area contributed by atoms with Gasteiger partial charge in [-0.1, -0.05) is 5.11 Å². The third-order valence-electron chi connectivity index (χ3n) is 2.73. The minimum absolute atomic E-state index is 0.0207. The summed E-state index contributed by atoms with van der Waals surface area (Å²) in [5.41, 5.74) is 8.31. The Morgan fingerprint density at radius 3 is 2.78 bits per heavy atom. The van der Waals surface area contributed by atoms with Crippen LogP contribution in [-0.4, -0.2) is 47.7 Å². The summed E-state index contributed by atoms with van der Waals surface area (Å²) in [5.74, 6) is -1.93. The van der Waals surface area contributed by atoms with E-state index in [9.17, 15) is 14.4 Å². The molecule has 0 saturated carbocycles. The van der Waals surface area contributed by atoms with Crippen molar-refractivity contribution in [3.63, 3.8) is 0 Å². The second-order valence-electron chi connectivity index (χ2n) is 3.67. The maximum atomic E-state index is 12.0. The molecular weight excluding hydrogens is 242 g/mol. The molecule has 0 aromatic rings. The molecule has 9 nitrogen and oxygen atoms in total. The quantitative estimate of drug-likeness (QED) is 0.225.